The molecule has 1 aromatic heterocycles. The third kappa shape index (κ3) is 2.20. The lowest BCUT2D eigenvalue weighted by atomic mass is 10.1. The lowest BCUT2D eigenvalue weighted by Crippen LogP contribution is -2.07. The van der Waals surface area contributed by atoms with Crippen LogP contribution in [0.2, 0.25) is 0 Å². The fraction of sp³-hybridized carbons (Fsp3) is 0. The van der Waals surface area contributed by atoms with Crippen LogP contribution in [0, 0.1) is 0 Å². The van der Waals surface area contributed by atoms with Crippen molar-refractivity contribution in [3.8, 4) is 0 Å². The first-order valence-corrected chi connectivity index (χ1v) is 5.10. The van der Waals surface area contributed by atoms with E-state index >= 15 is 0 Å². The Morgan fingerprint density at radius 1 is 1.33 bits per heavy atom. The molecule has 0 spiro atoms. The van der Waals surface area contributed by atoms with Gasteiger partial charge in [-0.3, -0.25) is 14.4 Å². The van der Waals surface area contributed by atoms with Crippen molar-refractivity contribution in [2.24, 2.45) is 5.73 Å². The second-order valence-electron chi connectivity index (χ2n) is 3.63. The van der Waals surface area contributed by atoms with Gasteiger partial charge in [-0.15, -0.1) is 0 Å². The molecule has 0 saturated heterocycles. The Kier molecular flexibility index (Phi) is 3.05. The summed E-state index contributed by atoms with van der Waals surface area (Å²) in [5.74, 6) is -0.580. The topological polar surface area (TPSA) is 90.4 Å². The average Bonchev–Trinajstić information content (AvgIpc) is 2.37. The van der Waals surface area contributed by atoms with E-state index in [1.165, 1.54) is 18.2 Å². The fourth-order valence-corrected chi connectivity index (χ4v) is 1.53. The minimum Gasteiger partial charge on any atom is -0.463 e. The molecule has 0 atom stereocenters. The van der Waals surface area contributed by atoms with E-state index < -0.39 is 11.3 Å². The van der Waals surface area contributed by atoms with Gasteiger partial charge in [-0.2, -0.15) is 0 Å². The number of nitrogens with two attached hydrogens (primary N) is 1. The summed E-state index contributed by atoms with van der Waals surface area (Å²) in [5.41, 5.74) is 5.53. The van der Waals surface area contributed by atoms with Crippen LogP contribution in [0.4, 0.5) is 0 Å². The molecule has 1 aromatic carbocycles. The van der Waals surface area contributed by atoms with Crippen LogP contribution in [0.3, 0.4) is 0 Å². The van der Waals surface area contributed by atoms with Gasteiger partial charge >= 0.3 is 0 Å². The highest BCUT2D eigenvalue weighted by atomic mass is 16.3. The molecule has 0 bridgehead atoms. The van der Waals surface area contributed by atoms with Crippen LogP contribution in [0.1, 0.15) is 15.9 Å². The van der Waals surface area contributed by atoms with E-state index in [1.54, 1.807) is 12.1 Å². The molecule has 0 fully saturated rings. The smallest absolute Gasteiger partial charge is 0.241 e. The van der Waals surface area contributed by atoms with Crippen molar-refractivity contribution in [3.05, 3.63) is 51.9 Å². The molecular weight excluding hydrogens is 234 g/mol. The monoisotopic (exact) mass is 243 g/mol. The predicted octanol–water partition coefficient (Wildman–Crippen LogP) is 1.10. The number of hydrogen-bond donors (Lipinski definition) is 1. The molecule has 2 aromatic rings. The highest BCUT2D eigenvalue weighted by molar-refractivity contribution is 5.91. The van der Waals surface area contributed by atoms with E-state index in [9.17, 15) is 14.4 Å². The molecule has 2 rings (SSSR count). The van der Waals surface area contributed by atoms with Crippen molar-refractivity contribution in [2.75, 3.05) is 0 Å². The zero-order valence-electron chi connectivity index (χ0n) is 9.25. The van der Waals surface area contributed by atoms with Gasteiger partial charge in [0.1, 0.15) is 11.8 Å². The van der Waals surface area contributed by atoms with Crippen LogP contribution in [0.15, 0.2) is 39.7 Å². The summed E-state index contributed by atoms with van der Waals surface area (Å²) in [6.07, 6.45) is 4.23. The zero-order valence-corrected chi connectivity index (χ0v) is 9.25. The van der Waals surface area contributed by atoms with Crippen LogP contribution in [0.5, 0.6) is 0 Å². The maximum Gasteiger partial charge on any atom is 0.241 e. The third-order valence-electron chi connectivity index (χ3n) is 2.39. The molecular formula is C13H9NO4. The van der Waals surface area contributed by atoms with Gasteiger partial charge in [0.2, 0.25) is 11.3 Å². The highest BCUT2D eigenvalue weighted by Gasteiger charge is 2.06. The number of amides is 1. The number of carbonyl (C=O) groups excluding carboxylic acids is 2. The van der Waals surface area contributed by atoms with Gasteiger partial charge < -0.3 is 10.2 Å². The van der Waals surface area contributed by atoms with Crippen LogP contribution < -0.4 is 11.2 Å². The summed E-state index contributed by atoms with van der Waals surface area (Å²) < 4.78 is 5.15. The Morgan fingerprint density at radius 3 is 2.78 bits per heavy atom. The SMILES string of the molecule is NC(=O)C=Cc1ccc2occ(C=O)c(=O)c2c1. The van der Waals surface area contributed by atoms with Gasteiger partial charge in [-0.05, 0) is 23.8 Å². The van der Waals surface area contributed by atoms with E-state index in [0.29, 0.717) is 17.4 Å². The van der Waals surface area contributed by atoms with Crippen molar-refractivity contribution in [1.82, 2.24) is 0 Å². The fourth-order valence-electron chi connectivity index (χ4n) is 1.53. The molecule has 0 saturated carbocycles. The second-order valence-corrected chi connectivity index (χ2v) is 3.63. The minimum absolute atomic E-state index is 0.0430. The molecule has 5 nitrogen and oxygen atoms in total. The van der Waals surface area contributed by atoms with Crippen molar-refractivity contribution < 1.29 is 14.0 Å². The van der Waals surface area contributed by atoms with Crippen molar-refractivity contribution in [1.29, 1.82) is 0 Å². The maximum absolute atomic E-state index is 11.8. The molecule has 0 radical (unpaired) electrons. The van der Waals surface area contributed by atoms with Crippen molar-refractivity contribution >= 4 is 29.2 Å². The van der Waals surface area contributed by atoms with Crippen molar-refractivity contribution in [3.63, 3.8) is 0 Å². The first-order chi connectivity index (χ1) is 8.61. The summed E-state index contributed by atoms with van der Waals surface area (Å²) >= 11 is 0. The standard InChI is InChI=1S/C13H9NO4/c14-12(16)4-2-8-1-3-11-10(5-8)13(17)9(6-15)7-18-11/h1-7H,(H2,14,16). The Morgan fingerprint density at radius 2 is 2.11 bits per heavy atom. The summed E-state index contributed by atoms with van der Waals surface area (Å²) in [6, 6.07) is 4.80. The Balaban J connectivity index is 2.62. The van der Waals surface area contributed by atoms with E-state index in [1.807, 2.05) is 0 Å². The number of aldehydes is 1. The summed E-state index contributed by atoms with van der Waals surface area (Å²) in [5, 5.41) is 0.284. The molecule has 1 amide bonds. The first-order valence-electron chi connectivity index (χ1n) is 5.10. The Hall–Kier alpha value is -2.69. The normalized spacial score (nSPS) is 10.9. The summed E-state index contributed by atoms with van der Waals surface area (Å²) in [7, 11) is 0. The van der Waals surface area contributed by atoms with Gasteiger partial charge in [0, 0.05) is 6.08 Å². The molecule has 18 heavy (non-hydrogen) atoms. The van der Waals surface area contributed by atoms with E-state index in [4.69, 9.17) is 10.2 Å². The van der Waals surface area contributed by atoms with Crippen molar-refractivity contribution in [2.45, 2.75) is 0 Å². The summed E-state index contributed by atoms with van der Waals surface area (Å²) in [6.45, 7) is 0. The highest BCUT2D eigenvalue weighted by Crippen LogP contribution is 2.14. The number of benzene rings is 1. The van der Waals surface area contributed by atoms with Gasteiger partial charge in [0.15, 0.2) is 6.29 Å². The Labute approximate surface area is 102 Å². The molecule has 90 valence electrons. The maximum atomic E-state index is 11.8. The molecule has 0 unspecified atom stereocenters. The number of hydrogen-bond acceptors (Lipinski definition) is 4. The van der Waals surface area contributed by atoms with E-state index in [0.717, 1.165) is 6.26 Å². The van der Waals surface area contributed by atoms with Crippen LogP contribution in [0.25, 0.3) is 17.0 Å². The van der Waals surface area contributed by atoms with Crippen LogP contribution in [-0.2, 0) is 4.79 Å². The third-order valence-corrected chi connectivity index (χ3v) is 2.39. The quantitative estimate of drug-likeness (QED) is 0.645. The molecule has 0 aliphatic rings. The number of primary amides is 1. The van der Waals surface area contributed by atoms with Crippen LogP contribution >= 0.6 is 0 Å². The predicted molar refractivity (Wildman–Crippen MR) is 66.1 cm³/mol. The number of rotatable bonds is 3. The first kappa shape index (κ1) is 11.8. The average molecular weight is 243 g/mol. The number of carbonyl (C=O) groups is 2. The minimum atomic E-state index is -0.580. The molecule has 1 heterocycles. The molecule has 0 aliphatic carbocycles. The van der Waals surface area contributed by atoms with Crippen LogP contribution in [-0.4, -0.2) is 12.2 Å². The Bertz CT molecular complexity index is 712. The lowest BCUT2D eigenvalue weighted by molar-refractivity contribution is -0.113. The second kappa shape index (κ2) is 4.67. The van der Waals surface area contributed by atoms with Gasteiger partial charge in [0.05, 0.1) is 10.9 Å². The van der Waals surface area contributed by atoms with Gasteiger partial charge in [-0.25, -0.2) is 0 Å². The molecule has 0 aliphatic heterocycles. The zero-order chi connectivity index (χ0) is 13.1. The number of fused-ring (bicyclic) bond motifs is 1. The van der Waals surface area contributed by atoms with E-state index in [2.05, 4.69) is 0 Å². The summed E-state index contributed by atoms with van der Waals surface area (Å²) in [4.78, 5) is 33.1. The lowest BCUT2D eigenvalue weighted by Gasteiger charge is -1.99. The molecule has 5 heteroatoms. The largest absolute Gasteiger partial charge is 0.463 e. The van der Waals surface area contributed by atoms with Gasteiger partial charge in [0.25, 0.3) is 0 Å². The van der Waals surface area contributed by atoms with E-state index in [-0.39, 0.29) is 10.9 Å². The molecule has 2 N–H and O–H groups in total. The van der Waals surface area contributed by atoms with Gasteiger partial charge in [-0.1, -0.05) is 6.07 Å².